The van der Waals surface area contributed by atoms with Crippen molar-refractivity contribution < 1.29 is 13.2 Å². The number of hydrogen-bond donors (Lipinski definition) is 1. The highest BCUT2D eigenvalue weighted by molar-refractivity contribution is 7.91. The molecular weight excluding hydrogens is 392 g/mol. The minimum atomic E-state index is -3.60. The molecule has 0 atom stereocenters. The molecule has 1 saturated heterocycles. The molecule has 2 aromatic rings. The van der Waals surface area contributed by atoms with Crippen LogP contribution in [0.4, 0.5) is 0 Å². The summed E-state index contributed by atoms with van der Waals surface area (Å²) in [5, 5.41) is 3.93. The number of ether oxygens (including phenoxy) is 1. The Morgan fingerprint density at radius 3 is 2.57 bits per heavy atom. The summed E-state index contributed by atoms with van der Waals surface area (Å²) in [4.78, 5) is 4.29. The SMILES string of the molecule is CC(C)N1CCC(Oc2sc3c(c2S(=O)(=O)c2ccccc2)CCNC3)CC1. The molecule has 0 saturated carbocycles. The summed E-state index contributed by atoms with van der Waals surface area (Å²) in [6.45, 7) is 7.93. The molecule has 1 N–H and O–H groups in total. The van der Waals surface area contributed by atoms with Gasteiger partial charge in [0.15, 0.2) is 5.06 Å². The van der Waals surface area contributed by atoms with Gasteiger partial charge in [-0.25, -0.2) is 8.42 Å². The van der Waals surface area contributed by atoms with Crippen LogP contribution in [0.2, 0.25) is 0 Å². The first-order valence-electron chi connectivity index (χ1n) is 10.0. The average Bonchev–Trinajstić information content (AvgIpc) is 3.07. The van der Waals surface area contributed by atoms with Crippen molar-refractivity contribution in [3.05, 3.63) is 40.8 Å². The lowest BCUT2D eigenvalue weighted by atomic mass is 10.1. The van der Waals surface area contributed by atoms with Gasteiger partial charge >= 0.3 is 0 Å². The molecule has 1 aromatic carbocycles. The van der Waals surface area contributed by atoms with Gasteiger partial charge < -0.3 is 15.0 Å². The van der Waals surface area contributed by atoms with Crippen molar-refractivity contribution in [3.63, 3.8) is 0 Å². The fourth-order valence-corrected chi connectivity index (χ4v) is 7.22. The number of benzene rings is 1. The zero-order chi connectivity index (χ0) is 19.7. The van der Waals surface area contributed by atoms with Gasteiger partial charge in [-0.2, -0.15) is 0 Å². The van der Waals surface area contributed by atoms with Crippen molar-refractivity contribution in [2.45, 2.75) is 61.6 Å². The molecule has 4 rings (SSSR count). The predicted molar refractivity (Wildman–Crippen MR) is 112 cm³/mol. The normalized spacial score (nSPS) is 19.0. The Morgan fingerprint density at radius 2 is 1.89 bits per heavy atom. The van der Waals surface area contributed by atoms with Crippen molar-refractivity contribution in [3.8, 4) is 5.06 Å². The summed E-state index contributed by atoms with van der Waals surface area (Å²) in [5.41, 5.74) is 0.946. The monoisotopic (exact) mass is 420 g/mol. The largest absolute Gasteiger partial charge is 0.479 e. The second kappa shape index (κ2) is 8.14. The van der Waals surface area contributed by atoms with E-state index in [0.717, 1.165) is 49.3 Å². The van der Waals surface area contributed by atoms with Gasteiger partial charge in [0.25, 0.3) is 0 Å². The smallest absolute Gasteiger partial charge is 0.211 e. The molecule has 2 aliphatic heterocycles. The molecule has 1 fully saturated rings. The van der Waals surface area contributed by atoms with Gasteiger partial charge in [0.05, 0.1) is 4.90 Å². The van der Waals surface area contributed by atoms with E-state index in [9.17, 15) is 8.42 Å². The number of likely N-dealkylation sites (tertiary alicyclic amines) is 1. The molecular formula is C21H28N2O3S2. The van der Waals surface area contributed by atoms with Crippen molar-refractivity contribution in [2.75, 3.05) is 19.6 Å². The van der Waals surface area contributed by atoms with E-state index in [0.29, 0.717) is 27.4 Å². The Balaban J connectivity index is 1.66. The van der Waals surface area contributed by atoms with Crippen LogP contribution in [0, 0.1) is 0 Å². The minimum Gasteiger partial charge on any atom is -0.479 e. The van der Waals surface area contributed by atoms with Gasteiger partial charge in [-0.3, -0.25) is 0 Å². The number of nitrogens with one attached hydrogen (secondary N) is 1. The first-order chi connectivity index (χ1) is 13.5. The van der Waals surface area contributed by atoms with Crippen LogP contribution in [0.3, 0.4) is 0 Å². The molecule has 0 radical (unpaired) electrons. The highest BCUT2D eigenvalue weighted by Crippen LogP contribution is 2.43. The van der Waals surface area contributed by atoms with Gasteiger partial charge in [-0.15, -0.1) is 11.3 Å². The van der Waals surface area contributed by atoms with Crippen LogP contribution in [0.25, 0.3) is 0 Å². The van der Waals surface area contributed by atoms with E-state index < -0.39 is 9.84 Å². The molecule has 152 valence electrons. The topological polar surface area (TPSA) is 58.6 Å². The standard InChI is InChI=1S/C21H28N2O3S2/c1-15(2)23-12-9-16(10-13-23)26-21-20(18-8-11-22-14-19(18)27-21)28(24,25)17-6-4-3-5-7-17/h3-7,15-16,22H,8-14H2,1-2H3. The van der Waals surface area contributed by atoms with Crippen LogP contribution in [0.1, 0.15) is 37.1 Å². The third-order valence-corrected chi connectivity index (χ3v) is 8.77. The maximum atomic E-state index is 13.5. The first-order valence-corrected chi connectivity index (χ1v) is 12.3. The minimum absolute atomic E-state index is 0.0767. The quantitative estimate of drug-likeness (QED) is 0.803. The predicted octanol–water partition coefficient (Wildman–Crippen LogP) is 3.48. The van der Waals surface area contributed by atoms with E-state index in [4.69, 9.17) is 4.74 Å². The Kier molecular flexibility index (Phi) is 5.78. The van der Waals surface area contributed by atoms with Gasteiger partial charge in [0.2, 0.25) is 9.84 Å². The zero-order valence-corrected chi connectivity index (χ0v) is 18.1. The van der Waals surface area contributed by atoms with Crippen LogP contribution < -0.4 is 10.1 Å². The maximum Gasteiger partial charge on any atom is 0.211 e. The van der Waals surface area contributed by atoms with Crippen LogP contribution in [-0.2, 0) is 22.8 Å². The van der Waals surface area contributed by atoms with Gasteiger partial charge in [-0.1, -0.05) is 18.2 Å². The first kappa shape index (κ1) is 19.9. The molecule has 0 unspecified atom stereocenters. The van der Waals surface area contributed by atoms with Crippen LogP contribution >= 0.6 is 11.3 Å². The maximum absolute atomic E-state index is 13.5. The molecule has 0 amide bonds. The average molecular weight is 421 g/mol. The van der Waals surface area contributed by atoms with E-state index in [1.807, 2.05) is 6.07 Å². The van der Waals surface area contributed by atoms with Crippen molar-refractivity contribution >= 4 is 21.2 Å². The van der Waals surface area contributed by atoms with Gasteiger partial charge in [0.1, 0.15) is 11.0 Å². The Morgan fingerprint density at radius 1 is 1.18 bits per heavy atom. The molecule has 0 aliphatic carbocycles. The third-order valence-electron chi connectivity index (χ3n) is 5.65. The summed E-state index contributed by atoms with van der Waals surface area (Å²) in [5.74, 6) is 0. The third kappa shape index (κ3) is 3.85. The number of hydrogen-bond acceptors (Lipinski definition) is 6. The van der Waals surface area contributed by atoms with E-state index in [1.54, 1.807) is 24.3 Å². The summed E-state index contributed by atoms with van der Waals surface area (Å²) < 4.78 is 33.3. The van der Waals surface area contributed by atoms with Crippen molar-refractivity contribution in [1.82, 2.24) is 10.2 Å². The summed E-state index contributed by atoms with van der Waals surface area (Å²) in [7, 11) is -3.60. The van der Waals surface area contributed by atoms with E-state index in [-0.39, 0.29) is 6.10 Å². The number of nitrogens with zero attached hydrogens (tertiary/aromatic N) is 1. The second-order valence-corrected chi connectivity index (χ2v) is 10.8. The molecule has 5 nitrogen and oxygen atoms in total. The number of fused-ring (bicyclic) bond motifs is 1. The number of rotatable bonds is 5. The molecule has 2 aliphatic rings. The van der Waals surface area contributed by atoms with Crippen molar-refractivity contribution in [2.24, 2.45) is 0 Å². The summed E-state index contributed by atoms with van der Waals surface area (Å²) in [6.07, 6.45) is 2.67. The molecule has 28 heavy (non-hydrogen) atoms. The van der Waals surface area contributed by atoms with Crippen LogP contribution in [0.15, 0.2) is 40.1 Å². The molecule has 3 heterocycles. The Labute approximate surface area is 171 Å². The molecule has 0 bridgehead atoms. The van der Waals surface area contributed by atoms with E-state index >= 15 is 0 Å². The number of piperidine rings is 1. The molecule has 0 spiro atoms. The number of thiophene rings is 1. The molecule has 1 aromatic heterocycles. The van der Waals surface area contributed by atoms with Crippen LogP contribution in [-0.4, -0.2) is 45.1 Å². The Bertz CT molecular complexity index is 915. The van der Waals surface area contributed by atoms with E-state index in [1.165, 1.54) is 11.3 Å². The number of sulfone groups is 1. The van der Waals surface area contributed by atoms with Crippen LogP contribution in [0.5, 0.6) is 5.06 Å². The van der Waals surface area contributed by atoms with Gasteiger partial charge in [-0.05, 0) is 57.4 Å². The second-order valence-electron chi connectivity index (χ2n) is 7.81. The zero-order valence-electron chi connectivity index (χ0n) is 16.5. The van der Waals surface area contributed by atoms with E-state index in [2.05, 4.69) is 24.1 Å². The van der Waals surface area contributed by atoms with Crippen molar-refractivity contribution in [1.29, 1.82) is 0 Å². The highest BCUT2D eigenvalue weighted by Gasteiger charge is 2.33. The lowest BCUT2D eigenvalue weighted by Crippen LogP contribution is -2.41. The highest BCUT2D eigenvalue weighted by atomic mass is 32.2. The lowest BCUT2D eigenvalue weighted by Gasteiger charge is -2.34. The summed E-state index contributed by atoms with van der Waals surface area (Å²) >= 11 is 1.51. The molecule has 7 heteroatoms. The Hall–Kier alpha value is -1.41. The fraction of sp³-hybridized carbons (Fsp3) is 0.524. The van der Waals surface area contributed by atoms with Gasteiger partial charge in [0, 0.05) is 30.6 Å². The lowest BCUT2D eigenvalue weighted by molar-refractivity contribution is 0.0850. The fourth-order valence-electron chi connectivity index (χ4n) is 4.01. The summed E-state index contributed by atoms with van der Waals surface area (Å²) in [6, 6.07) is 9.27.